The van der Waals surface area contributed by atoms with Crippen molar-refractivity contribution in [2.24, 2.45) is 0 Å². The van der Waals surface area contributed by atoms with Crippen LogP contribution < -0.4 is 0 Å². The molecule has 4 nitrogen and oxygen atoms in total. The molecule has 1 atom stereocenters. The van der Waals surface area contributed by atoms with E-state index >= 15 is 0 Å². The van der Waals surface area contributed by atoms with Gasteiger partial charge in [0.05, 0.1) is 18.3 Å². The second-order valence-electron chi connectivity index (χ2n) is 3.65. The largest absolute Gasteiger partial charge is 0.386 e. The van der Waals surface area contributed by atoms with Gasteiger partial charge in [0.2, 0.25) is 0 Å². The second kappa shape index (κ2) is 4.76. The number of aliphatic hydroxyl groups excluding tert-OH is 1. The molecule has 0 aliphatic heterocycles. The van der Waals surface area contributed by atoms with E-state index in [4.69, 9.17) is 0 Å². The van der Waals surface area contributed by atoms with Crippen LogP contribution in [-0.2, 0) is 6.54 Å². The third kappa shape index (κ3) is 2.68. The molecule has 0 amide bonds. The van der Waals surface area contributed by atoms with Crippen molar-refractivity contribution in [1.82, 2.24) is 15.0 Å². The van der Waals surface area contributed by atoms with Gasteiger partial charge in [0.1, 0.15) is 0 Å². The average molecular weight is 282 g/mol. The zero-order valence-electron chi connectivity index (χ0n) is 8.84. The maximum Gasteiger partial charge on any atom is 0.0986 e. The lowest BCUT2D eigenvalue weighted by Gasteiger charge is -2.10. The number of hydrogen-bond acceptors (Lipinski definition) is 3. The molecule has 0 radical (unpaired) electrons. The highest BCUT2D eigenvalue weighted by Gasteiger charge is 2.09. The van der Waals surface area contributed by atoms with E-state index in [0.717, 1.165) is 15.7 Å². The van der Waals surface area contributed by atoms with Crippen LogP contribution in [0.25, 0.3) is 0 Å². The van der Waals surface area contributed by atoms with E-state index in [2.05, 4.69) is 26.2 Å². The van der Waals surface area contributed by atoms with Gasteiger partial charge in [-0.2, -0.15) is 0 Å². The predicted octanol–water partition coefficient (Wildman–Crippen LogP) is 2.08. The number of halogens is 1. The number of hydrogen-bond donors (Lipinski definition) is 1. The van der Waals surface area contributed by atoms with Gasteiger partial charge in [-0.1, -0.05) is 33.3 Å². The van der Waals surface area contributed by atoms with Gasteiger partial charge in [-0.3, -0.25) is 0 Å². The van der Waals surface area contributed by atoms with Gasteiger partial charge in [-0.15, -0.1) is 5.10 Å². The quantitative estimate of drug-likeness (QED) is 0.937. The monoisotopic (exact) mass is 281 g/mol. The lowest BCUT2D eigenvalue weighted by molar-refractivity contribution is 0.150. The molecule has 0 bridgehead atoms. The SMILES string of the molecule is Cc1cn(CC(O)c2cccc(Br)c2)nn1. The Hall–Kier alpha value is -1.20. The van der Waals surface area contributed by atoms with Gasteiger partial charge < -0.3 is 5.11 Å². The first-order valence-corrected chi connectivity index (χ1v) is 5.75. The molecule has 0 saturated carbocycles. The first-order valence-electron chi connectivity index (χ1n) is 4.95. The van der Waals surface area contributed by atoms with Gasteiger partial charge in [-0.25, -0.2) is 4.68 Å². The van der Waals surface area contributed by atoms with Crippen molar-refractivity contribution in [3.63, 3.8) is 0 Å². The van der Waals surface area contributed by atoms with Crippen LogP contribution in [0.1, 0.15) is 17.4 Å². The van der Waals surface area contributed by atoms with Crippen LogP contribution in [0, 0.1) is 6.92 Å². The summed E-state index contributed by atoms with van der Waals surface area (Å²) in [5.41, 5.74) is 1.71. The molecule has 16 heavy (non-hydrogen) atoms. The zero-order valence-corrected chi connectivity index (χ0v) is 10.4. The number of rotatable bonds is 3. The van der Waals surface area contributed by atoms with Crippen molar-refractivity contribution in [3.8, 4) is 0 Å². The third-order valence-electron chi connectivity index (χ3n) is 2.25. The van der Waals surface area contributed by atoms with Crippen molar-refractivity contribution < 1.29 is 5.11 Å². The van der Waals surface area contributed by atoms with Crippen molar-refractivity contribution in [2.45, 2.75) is 19.6 Å². The Morgan fingerprint density at radius 1 is 1.50 bits per heavy atom. The summed E-state index contributed by atoms with van der Waals surface area (Å²) in [6.07, 6.45) is 1.24. The minimum Gasteiger partial charge on any atom is -0.386 e. The van der Waals surface area contributed by atoms with E-state index in [1.165, 1.54) is 0 Å². The molecule has 2 aromatic rings. The number of nitrogens with zero attached hydrogens (tertiary/aromatic N) is 3. The lowest BCUT2D eigenvalue weighted by Crippen LogP contribution is -2.09. The second-order valence-corrected chi connectivity index (χ2v) is 4.57. The summed E-state index contributed by atoms with van der Waals surface area (Å²) >= 11 is 3.37. The first kappa shape index (κ1) is 11.3. The molecule has 0 aliphatic carbocycles. The van der Waals surface area contributed by atoms with Gasteiger partial charge in [0.15, 0.2) is 0 Å². The minimum absolute atomic E-state index is 0.414. The van der Waals surface area contributed by atoms with Crippen molar-refractivity contribution in [3.05, 3.63) is 46.2 Å². The summed E-state index contributed by atoms with van der Waals surface area (Å²) in [4.78, 5) is 0. The van der Waals surface area contributed by atoms with Gasteiger partial charge in [0.25, 0.3) is 0 Å². The summed E-state index contributed by atoms with van der Waals surface area (Å²) in [6.45, 7) is 2.28. The maximum atomic E-state index is 10.00. The van der Waals surface area contributed by atoms with E-state index in [9.17, 15) is 5.11 Å². The number of aromatic nitrogens is 3. The summed E-state index contributed by atoms with van der Waals surface area (Å²) in [5.74, 6) is 0. The Labute approximate surface area is 102 Å². The molecule has 2 rings (SSSR count). The number of aliphatic hydroxyl groups is 1. The zero-order chi connectivity index (χ0) is 11.5. The maximum absolute atomic E-state index is 10.00. The van der Waals surface area contributed by atoms with E-state index in [0.29, 0.717) is 6.54 Å². The van der Waals surface area contributed by atoms with Crippen LogP contribution in [0.15, 0.2) is 34.9 Å². The number of benzene rings is 1. The van der Waals surface area contributed by atoms with Crippen molar-refractivity contribution in [1.29, 1.82) is 0 Å². The molecule has 1 aromatic heterocycles. The molecular formula is C11H12BrN3O. The smallest absolute Gasteiger partial charge is 0.0986 e. The van der Waals surface area contributed by atoms with Gasteiger partial charge >= 0.3 is 0 Å². The van der Waals surface area contributed by atoms with E-state index in [1.54, 1.807) is 10.9 Å². The Bertz CT molecular complexity index is 484. The Balaban J connectivity index is 2.11. The summed E-state index contributed by atoms with van der Waals surface area (Å²) in [6, 6.07) is 7.61. The summed E-state index contributed by atoms with van der Waals surface area (Å²) in [7, 11) is 0. The summed E-state index contributed by atoms with van der Waals surface area (Å²) < 4.78 is 2.60. The highest BCUT2D eigenvalue weighted by atomic mass is 79.9. The van der Waals surface area contributed by atoms with E-state index in [1.807, 2.05) is 31.2 Å². The molecule has 0 aliphatic rings. The van der Waals surface area contributed by atoms with Crippen LogP contribution in [0.5, 0.6) is 0 Å². The van der Waals surface area contributed by atoms with Gasteiger partial charge in [-0.05, 0) is 24.6 Å². The highest BCUT2D eigenvalue weighted by molar-refractivity contribution is 9.10. The van der Waals surface area contributed by atoms with Crippen LogP contribution in [0.4, 0.5) is 0 Å². The number of aryl methyl sites for hydroxylation is 1. The molecule has 1 unspecified atom stereocenters. The highest BCUT2D eigenvalue weighted by Crippen LogP contribution is 2.19. The van der Waals surface area contributed by atoms with Crippen LogP contribution in [0.2, 0.25) is 0 Å². The first-order chi connectivity index (χ1) is 7.65. The molecular weight excluding hydrogens is 270 g/mol. The standard InChI is InChI=1S/C11H12BrN3O/c1-8-6-15(14-13-8)7-11(16)9-3-2-4-10(12)5-9/h2-6,11,16H,7H2,1H3. The molecule has 1 heterocycles. The van der Waals surface area contributed by atoms with Crippen LogP contribution in [0.3, 0.4) is 0 Å². The average Bonchev–Trinajstić information content (AvgIpc) is 2.64. The Morgan fingerprint density at radius 3 is 2.94 bits per heavy atom. The predicted molar refractivity (Wildman–Crippen MR) is 63.9 cm³/mol. The molecule has 1 aromatic carbocycles. The Kier molecular flexibility index (Phi) is 3.36. The molecule has 0 saturated heterocycles. The molecule has 5 heteroatoms. The lowest BCUT2D eigenvalue weighted by atomic mass is 10.1. The molecule has 0 fully saturated rings. The van der Waals surface area contributed by atoms with Gasteiger partial charge in [0, 0.05) is 10.7 Å². The van der Waals surface area contributed by atoms with Crippen molar-refractivity contribution in [2.75, 3.05) is 0 Å². The third-order valence-corrected chi connectivity index (χ3v) is 2.74. The fourth-order valence-electron chi connectivity index (χ4n) is 1.48. The fourth-order valence-corrected chi connectivity index (χ4v) is 1.90. The van der Waals surface area contributed by atoms with Crippen LogP contribution in [-0.4, -0.2) is 20.1 Å². The van der Waals surface area contributed by atoms with Crippen LogP contribution >= 0.6 is 15.9 Å². The molecule has 0 spiro atoms. The van der Waals surface area contributed by atoms with E-state index < -0.39 is 6.10 Å². The normalized spacial score (nSPS) is 12.7. The summed E-state index contributed by atoms with van der Waals surface area (Å²) in [5, 5.41) is 17.8. The topological polar surface area (TPSA) is 50.9 Å². The minimum atomic E-state index is -0.571. The van der Waals surface area contributed by atoms with Crippen molar-refractivity contribution >= 4 is 15.9 Å². The fraction of sp³-hybridized carbons (Fsp3) is 0.273. The van der Waals surface area contributed by atoms with E-state index in [-0.39, 0.29) is 0 Å². The molecule has 84 valence electrons. The molecule has 1 N–H and O–H groups in total. The Morgan fingerprint density at radius 2 is 2.31 bits per heavy atom.